The fourth-order valence-electron chi connectivity index (χ4n) is 3.89. The molecule has 3 nitrogen and oxygen atoms in total. The van der Waals surface area contributed by atoms with Gasteiger partial charge in [-0.15, -0.1) is 0 Å². The molecule has 1 amide bonds. The van der Waals surface area contributed by atoms with Crippen LogP contribution in [0.25, 0.3) is 10.9 Å². The number of aromatic amines is 1. The third kappa shape index (κ3) is 1.62. The van der Waals surface area contributed by atoms with Gasteiger partial charge < -0.3 is 9.88 Å². The van der Waals surface area contributed by atoms with E-state index in [0.29, 0.717) is 5.91 Å². The van der Waals surface area contributed by atoms with E-state index >= 15 is 0 Å². The lowest BCUT2D eigenvalue weighted by molar-refractivity contribution is -0.141. The lowest BCUT2D eigenvalue weighted by Crippen LogP contribution is -2.42. The van der Waals surface area contributed by atoms with Gasteiger partial charge in [-0.2, -0.15) is 0 Å². The first-order valence-electron chi connectivity index (χ1n) is 7.65. The number of piperidine rings is 1. The molecular weight excluding hydrogens is 248 g/mol. The summed E-state index contributed by atoms with van der Waals surface area (Å²) in [5, 5.41) is 1.34. The quantitative estimate of drug-likeness (QED) is 0.781. The van der Waals surface area contributed by atoms with E-state index in [2.05, 4.69) is 41.1 Å². The van der Waals surface area contributed by atoms with Gasteiger partial charge >= 0.3 is 0 Å². The SMILES string of the molecule is C[C@@H]1CC[C@@H]2c3[nH]c4ccccc4c3CCCN2C1=O. The van der Waals surface area contributed by atoms with Crippen LogP contribution in [0.2, 0.25) is 0 Å². The minimum Gasteiger partial charge on any atom is -0.356 e. The number of benzene rings is 1. The molecule has 0 saturated carbocycles. The van der Waals surface area contributed by atoms with Crippen LogP contribution in [0, 0.1) is 5.92 Å². The zero-order valence-corrected chi connectivity index (χ0v) is 11.9. The summed E-state index contributed by atoms with van der Waals surface area (Å²) in [6.45, 7) is 2.97. The van der Waals surface area contributed by atoms with Crippen molar-refractivity contribution in [2.24, 2.45) is 5.92 Å². The predicted octanol–water partition coefficient (Wildman–Crippen LogP) is 3.41. The van der Waals surface area contributed by atoms with Crippen molar-refractivity contribution in [1.82, 2.24) is 9.88 Å². The maximum atomic E-state index is 12.4. The summed E-state index contributed by atoms with van der Waals surface area (Å²) in [6, 6.07) is 8.79. The van der Waals surface area contributed by atoms with Gasteiger partial charge in [-0.25, -0.2) is 0 Å². The Morgan fingerprint density at radius 3 is 3.00 bits per heavy atom. The average Bonchev–Trinajstić information content (AvgIpc) is 2.72. The van der Waals surface area contributed by atoms with Gasteiger partial charge in [0.25, 0.3) is 0 Å². The van der Waals surface area contributed by atoms with Crippen LogP contribution in [-0.4, -0.2) is 22.3 Å². The highest BCUT2D eigenvalue weighted by atomic mass is 16.2. The van der Waals surface area contributed by atoms with Crippen molar-refractivity contribution >= 4 is 16.8 Å². The van der Waals surface area contributed by atoms with Gasteiger partial charge in [-0.3, -0.25) is 4.79 Å². The van der Waals surface area contributed by atoms with E-state index in [-0.39, 0.29) is 12.0 Å². The number of H-pyrrole nitrogens is 1. The van der Waals surface area contributed by atoms with Gasteiger partial charge in [0.2, 0.25) is 5.91 Å². The fraction of sp³-hybridized carbons (Fsp3) is 0.471. The first kappa shape index (κ1) is 12.0. The van der Waals surface area contributed by atoms with Crippen LogP contribution >= 0.6 is 0 Å². The van der Waals surface area contributed by atoms with Crippen molar-refractivity contribution in [2.45, 2.75) is 38.6 Å². The maximum absolute atomic E-state index is 12.4. The van der Waals surface area contributed by atoms with Crippen molar-refractivity contribution in [1.29, 1.82) is 0 Å². The number of carbonyl (C=O) groups is 1. The van der Waals surface area contributed by atoms with Crippen molar-refractivity contribution in [3.05, 3.63) is 35.5 Å². The maximum Gasteiger partial charge on any atom is 0.225 e. The van der Waals surface area contributed by atoms with Gasteiger partial charge in [-0.1, -0.05) is 25.1 Å². The van der Waals surface area contributed by atoms with E-state index in [1.807, 2.05) is 0 Å². The molecule has 1 fully saturated rings. The number of fused-ring (bicyclic) bond motifs is 5. The number of aromatic nitrogens is 1. The molecule has 0 radical (unpaired) electrons. The predicted molar refractivity (Wildman–Crippen MR) is 79.5 cm³/mol. The van der Waals surface area contributed by atoms with Crippen molar-refractivity contribution < 1.29 is 4.79 Å². The van der Waals surface area contributed by atoms with Gasteiger partial charge in [0.15, 0.2) is 0 Å². The number of amides is 1. The van der Waals surface area contributed by atoms with Gasteiger partial charge in [0, 0.05) is 29.1 Å². The Balaban J connectivity index is 1.86. The second kappa shape index (κ2) is 4.37. The van der Waals surface area contributed by atoms with E-state index in [4.69, 9.17) is 0 Å². The first-order chi connectivity index (χ1) is 9.75. The Hall–Kier alpha value is -1.77. The normalized spacial score (nSPS) is 26.2. The highest BCUT2D eigenvalue weighted by Crippen LogP contribution is 2.40. The topological polar surface area (TPSA) is 36.1 Å². The number of hydrogen-bond acceptors (Lipinski definition) is 1. The van der Waals surface area contributed by atoms with E-state index in [1.54, 1.807) is 0 Å². The first-order valence-corrected chi connectivity index (χ1v) is 7.65. The molecule has 3 heteroatoms. The van der Waals surface area contributed by atoms with Crippen molar-refractivity contribution in [3.63, 3.8) is 0 Å². The lowest BCUT2D eigenvalue weighted by atomic mass is 9.91. The fourth-order valence-corrected chi connectivity index (χ4v) is 3.89. The number of hydrogen-bond donors (Lipinski definition) is 1. The summed E-state index contributed by atoms with van der Waals surface area (Å²) >= 11 is 0. The Kier molecular flexibility index (Phi) is 2.62. The molecule has 1 aromatic carbocycles. The number of rotatable bonds is 0. The van der Waals surface area contributed by atoms with Crippen LogP contribution in [0.1, 0.15) is 43.5 Å². The number of nitrogens with zero attached hydrogens (tertiary/aromatic N) is 1. The number of nitrogens with one attached hydrogen (secondary N) is 1. The van der Waals surface area contributed by atoms with Crippen LogP contribution in [0.4, 0.5) is 0 Å². The molecule has 20 heavy (non-hydrogen) atoms. The molecule has 0 spiro atoms. The van der Waals surface area contributed by atoms with E-state index in [9.17, 15) is 4.79 Å². The molecule has 2 aromatic rings. The van der Waals surface area contributed by atoms with Crippen LogP contribution in [-0.2, 0) is 11.2 Å². The monoisotopic (exact) mass is 268 g/mol. The molecule has 2 aliphatic heterocycles. The number of carbonyl (C=O) groups excluding carboxylic acids is 1. The molecule has 4 rings (SSSR count). The van der Waals surface area contributed by atoms with Gasteiger partial charge in [0.05, 0.1) is 6.04 Å². The van der Waals surface area contributed by atoms with Gasteiger partial charge in [0.1, 0.15) is 0 Å². The molecule has 0 bridgehead atoms. The minimum absolute atomic E-state index is 0.192. The Bertz CT molecular complexity index is 673. The highest BCUT2D eigenvalue weighted by molar-refractivity contribution is 5.86. The third-order valence-corrected chi connectivity index (χ3v) is 4.96. The molecule has 2 atom stereocenters. The van der Waals surface area contributed by atoms with Crippen molar-refractivity contribution in [2.75, 3.05) is 6.54 Å². The Morgan fingerprint density at radius 2 is 2.10 bits per heavy atom. The summed E-state index contributed by atoms with van der Waals surface area (Å²) in [7, 11) is 0. The van der Waals surface area contributed by atoms with Gasteiger partial charge in [-0.05, 0) is 37.3 Å². The molecule has 2 aliphatic rings. The number of para-hydroxylation sites is 1. The molecule has 1 saturated heterocycles. The smallest absolute Gasteiger partial charge is 0.225 e. The van der Waals surface area contributed by atoms with E-state index in [0.717, 1.165) is 32.2 Å². The summed E-state index contributed by atoms with van der Waals surface area (Å²) in [5.41, 5.74) is 3.95. The number of aryl methyl sites for hydroxylation is 1. The standard InChI is InChI=1S/C17H20N2O/c1-11-8-9-15-16-13(6-4-10-19(15)17(11)20)12-5-2-3-7-14(12)18-16/h2-3,5,7,11,15,18H,4,6,8-10H2,1H3/t11-,15-/m1/s1. The van der Waals surface area contributed by atoms with Crippen LogP contribution in [0.15, 0.2) is 24.3 Å². The third-order valence-electron chi connectivity index (χ3n) is 4.96. The zero-order valence-electron chi connectivity index (χ0n) is 11.9. The molecule has 0 unspecified atom stereocenters. The van der Waals surface area contributed by atoms with Crippen LogP contribution < -0.4 is 0 Å². The van der Waals surface area contributed by atoms with Crippen LogP contribution in [0.5, 0.6) is 0 Å². The van der Waals surface area contributed by atoms with E-state index in [1.165, 1.54) is 22.2 Å². The second-order valence-electron chi connectivity index (χ2n) is 6.19. The zero-order chi connectivity index (χ0) is 13.7. The Morgan fingerprint density at radius 1 is 1.25 bits per heavy atom. The molecule has 3 heterocycles. The Labute approximate surface area is 119 Å². The summed E-state index contributed by atoms with van der Waals surface area (Å²) in [4.78, 5) is 18.2. The highest BCUT2D eigenvalue weighted by Gasteiger charge is 2.37. The summed E-state index contributed by atoms with van der Waals surface area (Å²) < 4.78 is 0. The summed E-state index contributed by atoms with van der Waals surface area (Å²) in [5.74, 6) is 0.532. The van der Waals surface area contributed by atoms with E-state index < -0.39 is 0 Å². The van der Waals surface area contributed by atoms with Crippen molar-refractivity contribution in [3.8, 4) is 0 Å². The largest absolute Gasteiger partial charge is 0.356 e. The lowest BCUT2D eigenvalue weighted by Gasteiger charge is -2.37. The molecule has 1 aromatic heterocycles. The molecule has 0 aliphatic carbocycles. The second-order valence-corrected chi connectivity index (χ2v) is 6.19. The van der Waals surface area contributed by atoms with Crippen LogP contribution in [0.3, 0.4) is 0 Å². The molecule has 104 valence electrons. The molecule has 1 N–H and O–H groups in total. The average molecular weight is 268 g/mol. The molecular formula is C17H20N2O. The minimum atomic E-state index is 0.192. The summed E-state index contributed by atoms with van der Waals surface area (Å²) in [6.07, 6.45) is 4.25.